The van der Waals surface area contributed by atoms with Crippen LogP contribution >= 0.6 is 28.1 Å². The Labute approximate surface area is 127 Å². The molecule has 4 heteroatoms. The minimum Gasteiger partial charge on any atom is -0.389 e. The van der Waals surface area contributed by atoms with Gasteiger partial charge in [0.25, 0.3) is 0 Å². The van der Waals surface area contributed by atoms with Gasteiger partial charge in [0.05, 0.1) is 0 Å². The van der Waals surface area contributed by atoms with Gasteiger partial charge in [-0.2, -0.15) is 0 Å². The zero-order valence-corrected chi connectivity index (χ0v) is 13.0. The molecular weight excluding hydrogens is 320 g/mol. The average Bonchev–Trinajstić information content (AvgIpc) is 2.36. The van der Waals surface area contributed by atoms with Gasteiger partial charge in [0.1, 0.15) is 4.99 Å². The van der Waals surface area contributed by atoms with Crippen LogP contribution in [0.15, 0.2) is 46.9 Å². The first-order chi connectivity index (χ1) is 9.06. The summed E-state index contributed by atoms with van der Waals surface area (Å²) in [7, 11) is 0. The maximum atomic E-state index is 5.65. The maximum Gasteiger partial charge on any atom is 0.104 e. The molecule has 0 bridgehead atoms. The van der Waals surface area contributed by atoms with Crippen LogP contribution in [0.3, 0.4) is 0 Å². The average molecular weight is 335 g/mol. The van der Waals surface area contributed by atoms with Gasteiger partial charge in [-0.15, -0.1) is 0 Å². The number of aryl methyl sites for hydroxylation is 1. The van der Waals surface area contributed by atoms with E-state index in [1.54, 1.807) is 0 Å². The van der Waals surface area contributed by atoms with E-state index < -0.39 is 0 Å². The van der Waals surface area contributed by atoms with Crippen LogP contribution in [0.1, 0.15) is 16.7 Å². The van der Waals surface area contributed by atoms with E-state index in [0.717, 1.165) is 27.8 Å². The molecule has 2 nitrogen and oxygen atoms in total. The lowest BCUT2D eigenvalue weighted by molar-refractivity contribution is 1.14. The molecule has 98 valence electrons. The van der Waals surface area contributed by atoms with Crippen molar-refractivity contribution in [3.8, 4) is 0 Å². The second-order valence-corrected chi connectivity index (χ2v) is 5.73. The Morgan fingerprint density at radius 1 is 1.26 bits per heavy atom. The molecule has 19 heavy (non-hydrogen) atoms. The molecule has 0 heterocycles. The zero-order chi connectivity index (χ0) is 13.8. The van der Waals surface area contributed by atoms with E-state index in [4.69, 9.17) is 18.0 Å². The SMILES string of the molecule is Cc1cc(NCc2cccc(Br)c2)ccc1C(N)=S. The highest BCUT2D eigenvalue weighted by molar-refractivity contribution is 9.10. The smallest absolute Gasteiger partial charge is 0.104 e. The van der Waals surface area contributed by atoms with Crippen molar-refractivity contribution < 1.29 is 0 Å². The minimum absolute atomic E-state index is 0.441. The molecule has 0 amide bonds. The molecule has 3 N–H and O–H groups in total. The van der Waals surface area contributed by atoms with Crippen molar-refractivity contribution in [3.63, 3.8) is 0 Å². The molecule has 2 aromatic rings. The summed E-state index contributed by atoms with van der Waals surface area (Å²) >= 11 is 8.47. The largest absolute Gasteiger partial charge is 0.389 e. The van der Waals surface area contributed by atoms with Crippen LogP contribution in [-0.2, 0) is 6.54 Å². The number of rotatable bonds is 4. The molecule has 0 aliphatic rings. The third-order valence-electron chi connectivity index (χ3n) is 2.88. The number of thiocarbonyl (C=S) groups is 1. The number of hydrogen-bond acceptors (Lipinski definition) is 2. The summed E-state index contributed by atoms with van der Waals surface area (Å²) in [6, 6.07) is 14.3. The molecule has 0 aliphatic carbocycles. The molecule has 0 atom stereocenters. The van der Waals surface area contributed by atoms with E-state index in [9.17, 15) is 0 Å². The Morgan fingerprint density at radius 3 is 2.68 bits per heavy atom. The molecular formula is C15H15BrN2S. The number of nitrogens with one attached hydrogen (secondary N) is 1. The first-order valence-corrected chi connectivity index (χ1v) is 7.15. The molecule has 0 aromatic heterocycles. The fraction of sp³-hybridized carbons (Fsp3) is 0.133. The summed E-state index contributed by atoms with van der Waals surface area (Å²) in [5.74, 6) is 0. The Kier molecular flexibility index (Phi) is 4.56. The lowest BCUT2D eigenvalue weighted by Gasteiger charge is -2.10. The number of hydrogen-bond donors (Lipinski definition) is 2. The van der Waals surface area contributed by atoms with Gasteiger partial charge in [0.2, 0.25) is 0 Å². The van der Waals surface area contributed by atoms with Gasteiger partial charge in [-0.1, -0.05) is 40.3 Å². The normalized spacial score (nSPS) is 10.2. The van der Waals surface area contributed by atoms with E-state index in [1.807, 2.05) is 31.2 Å². The molecule has 0 unspecified atom stereocenters. The van der Waals surface area contributed by atoms with Gasteiger partial charge in [-0.3, -0.25) is 0 Å². The van der Waals surface area contributed by atoms with Crippen LogP contribution < -0.4 is 11.1 Å². The first kappa shape index (κ1) is 14.0. The Hall–Kier alpha value is -1.39. The van der Waals surface area contributed by atoms with Crippen molar-refractivity contribution in [1.82, 2.24) is 0 Å². The van der Waals surface area contributed by atoms with Gasteiger partial charge >= 0.3 is 0 Å². The highest BCUT2D eigenvalue weighted by Gasteiger charge is 2.02. The molecule has 0 spiro atoms. The van der Waals surface area contributed by atoms with Crippen molar-refractivity contribution in [2.75, 3.05) is 5.32 Å². The summed E-state index contributed by atoms with van der Waals surface area (Å²) in [6.45, 7) is 2.80. The number of anilines is 1. The van der Waals surface area contributed by atoms with E-state index >= 15 is 0 Å². The van der Waals surface area contributed by atoms with E-state index in [0.29, 0.717) is 4.99 Å². The monoisotopic (exact) mass is 334 g/mol. The van der Waals surface area contributed by atoms with Crippen LogP contribution in [0.5, 0.6) is 0 Å². The lowest BCUT2D eigenvalue weighted by atomic mass is 10.1. The van der Waals surface area contributed by atoms with E-state index in [1.165, 1.54) is 5.56 Å². The maximum absolute atomic E-state index is 5.65. The quantitative estimate of drug-likeness (QED) is 0.830. The van der Waals surface area contributed by atoms with Crippen LogP contribution in [0.25, 0.3) is 0 Å². The summed E-state index contributed by atoms with van der Waals surface area (Å²) in [4.78, 5) is 0.441. The van der Waals surface area contributed by atoms with Crippen molar-refractivity contribution in [2.45, 2.75) is 13.5 Å². The van der Waals surface area contributed by atoms with Crippen molar-refractivity contribution >= 4 is 38.8 Å². The van der Waals surface area contributed by atoms with Crippen LogP contribution in [0, 0.1) is 6.92 Å². The van der Waals surface area contributed by atoms with E-state index in [2.05, 4.69) is 39.4 Å². The first-order valence-electron chi connectivity index (χ1n) is 5.95. The fourth-order valence-electron chi connectivity index (χ4n) is 1.90. The van der Waals surface area contributed by atoms with Gasteiger partial charge in [0.15, 0.2) is 0 Å². The predicted molar refractivity (Wildman–Crippen MR) is 88.5 cm³/mol. The Morgan fingerprint density at radius 2 is 2.05 bits per heavy atom. The highest BCUT2D eigenvalue weighted by Crippen LogP contribution is 2.17. The number of halogens is 1. The second kappa shape index (κ2) is 6.17. The van der Waals surface area contributed by atoms with Gasteiger partial charge in [0, 0.05) is 22.3 Å². The molecule has 2 rings (SSSR count). The molecule has 0 saturated heterocycles. The second-order valence-electron chi connectivity index (χ2n) is 4.38. The highest BCUT2D eigenvalue weighted by atomic mass is 79.9. The van der Waals surface area contributed by atoms with Crippen LogP contribution in [0.4, 0.5) is 5.69 Å². The lowest BCUT2D eigenvalue weighted by Crippen LogP contribution is -2.11. The summed E-state index contributed by atoms with van der Waals surface area (Å²) in [5, 5.41) is 3.39. The summed E-state index contributed by atoms with van der Waals surface area (Å²) in [5.41, 5.74) is 9.97. The Bertz CT molecular complexity index is 611. The fourth-order valence-corrected chi connectivity index (χ4v) is 2.58. The predicted octanol–water partition coefficient (Wildman–Crippen LogP) is 4.00. The zero-order valence-electron chi connectivity index (χ0n) is 10.6. The van der Waals surface area contributed by atoms with Gasteiger partial charge in [-0.05, 0) is 48.4 Å². The van der Waals surface area contributed by atoms with Crippen LogP contribution in [0.2, 0.25) is 0 Å². The van der Waals surface area contributed by atoms with Gasteiger partial charge in [-0.25, -0.2) is 0 Å². The van der Waals surface area contributed by atoms with Crippen molar-refractivity contribution in [3.05, 3.63) is 63.6 Å². The van der Waals surface area contributed by atoms with E-state index in [-0.39, 0.29) is 0 Å². The third kappa shape index (κ3) is 3.78. The molecule has 0 saturated carbocycles. The third-order valence-corrected chi connectivity index (χ3v) is 3.59. The molecule has 0 radical (unpaired) electrons. The summed E-state index contributed by atoms with van der Waals surface area (Å²) in [6.07, 6.45) is 0. The standard InChI is InChI=1S/C15H15BrN2S/c1-10-7-13(5-6-14(10)15(17)19)18-9-11-3-2-4-12(16)8-11/h2-8,18H,9H2,1H3,(H2,17,19). The number of benzene rings is 2. The van der Waals surface area contributed by atoms with Crippen molar-refractivity contribution in [2.24, 2.45) is 5.73 Å². The Balaban J connectivity index is 2.08. The van der Waals surface area contributed by atoms with Gasteiger partial charge < -0.3 is 11.1 Å². The van der Waals surface area contributed by atoms with Crippen molar-refractivity contribution in [1.29, 1.82) is 0 Å². The molecule has 2 aromatic carbocycles. The summed E-state index contributed by atoms with van der Waals surface area (Å²) < 4.78 is 1.09. The topological polar surface area (TPSA) is 38.0 Å². The molecule has 0 aliphatic heterocycles. The minimum atomic E-state index is 0.441. The molecule has 0 fully saturated rings. The van der Waals surface area contributed by atoms with Crippen LogP contribution in [-0.4, -0.2) is 4.99 Å². The number of nitrogens with two attached hydrogens (primary N) is 1.